The Morgan fingerprint density at radius 2 is 2.00 bits per heavy atom. The summed E-state index contributed by atoms with van der Waals surface area (Å²) in [7, 11) is 0. The molecule has 3 heteroatoms. The molecule has 0 aromatic carbocycles. The lowest BCUT2D eigenvalue weighted by Gasteiger charge is -2.26. The number of allylic oxidation sites excluding steroid dienone is 1. The van der Waals surface area contributed by atoms with Crippen LogP contribution in [0.25, 0.3) is 0 Å². The van der Waals surface area contributed by atoms with Gasteiger partial charge in [0.15, 0.2) is 0 Å². The van der Waals surface area contributed by atoms with Crippen LogP contribution in [0, 0.1) is 5.92 Å². The van der Waals surface area contributed by atoms with Crippen molar-refractivity contribution in [3.05, 3.63) is 12.3 Å². The highest BCUT2D eigenvalue weighted by atomic mass is 32.1. The highest BCUT2D eigenvalue weighted by molar-refractivity contribution is 7.78. The average molecular weight is 247 g/mol. The summed E-state index contributed by atoms with van der Waals surface area (Å²) in [6.45, 7) is 8.63. The van der Waals surface area contributed by atoms with Gasteiger partial charge in [0.1, 0.15) is 6.10 Å². The predicted molar refractivity (Wildman–Crippen MR) is 76.7 cm³/mol. The van der Waals surface area contributed by atoms with Crippen LogP contribution < -0.4 is 4.72 Å². The number of nitrogens with one attached hydrogen (secondary N) is 1. The number of rotatable bonds is 3. The van der Waals surface area contributed by atoms with E-state index in [2.05, 4.69) is 51.3 Å². The van der Waals surface area contributed by atoms with Crippen molar-refractivity contribution in [1.29, 1.82) is 0 Å². The zero-order chi connectivity index (χ0) is 11.7. The van der Waals surface area contributed by atoms with Gasteiger partial charge in [-0.1, -0.05) is 47.9 Å². The molecule has 2 nitrogen and oxygen atoms in total. The second-order valence-corrected chi connectivity index (χ2v) is 4.76. The summed E-state index contributed by atoms with van der Waals surface area (Å²) in [6.07, 6.45) is 7.44. The first kappa shape index (κ1) is 18.2. The minimum Gasteiger partial charge on any atom is -0.497 e. The van der Waals surface area contributed by atoms with E-state index in [4.69, 9.17) is 4.74 Å². The lowest BCUT2D eigenvalue weighted by Crippen LogP contribution is -2.36. The van der Waals surface area contributed by atoms with E-state index in [1.165, 1.54) is 0 Å². The van der Waals surface area contributed by atoms with Crippen LogP contribution in [0.4, 0.5) is 0 Å². The van der Waals surface area contributed by atoms with Crippen molar-refractivity contribution in [2.24, 2.45) is 5.92 Å². The molecular formula is C13H29NOS. The van der Waals surface area contributed by atoms with E-state index >= 15 is 0 Å². The van der Waals surface area contributed by atoms with Crippen molar-refractivity contribution in [3.8, 4) is 0 Å². The third-order valence-electron chi connectivity index (χ3n) is 2.02. The van der Waals surface area contributed by atoms with Crippen molar-refractivity contribution < 1.29 is 4.74 Å². The Morgan fingerprint density at radius 1 is 1.44 bits per heavy atom. The Bertz CT molecular complexity index is 165. The van der Waals surface area contributed by atoms with Gasteiger partial charge in [0.05, 0.1) is 12.3 Å². The molecule has 0 amide bonds. The Morgan fingerprint density at radius 3 is 2.31 bits per heavy atom. The van der Waals surface area contributed by atoms with Crippen LogP contribution in [0.2, 0.25) is 0 Å². The van der Waals surface area contributed by atoms with Crippen LogP contribution in [0.1, 0.15) is 54.4 Å². The number of hydrogen-bond acceptors (Lipinski definition) is 3. The maximum atomic E-state index is 5.43. The number of thiol groups is 1. The van der Waals surface area contributed by atoms with Crippen LogP contribution in [-0.4, -0.2) is 12.1 Å². The second kappa shape index (κ2) is 11.3. The zero-order valence-electron chi connectivity index (χ0n) is 10.4. The number of hydrogen-bond donors (Lipinski definition) is 2. The fraction of sp³-hybridized carbons (Fsp3) is 0.846. The maximum Gasteiger partial charge on any atom is 0.114 e. The molecule has 1 aliphatic rings. The lowest BCUT2D eigenvalue weighted by atomic mass is 10.0. The first-order chi connectivity index (χ1) is 7.11. The summed E-state index contributed by atoms with van der Waals surface area (Å²) in [5.41, 5.74) is 0. The molecule has 1 aliphatic heterocycles. The highest BCUT2D eigenvalue weighted by Crippen LogP contribution is 2.15. The molecule has 16 heavy (non-hydrogen) atoms. The topological polar surface area (TPSA) is 21.3 Å². The van der Waals surface area contributed by atoms with Gasteiger partial charge in [0.25, 0.3) is 0 Å². The Labute approximate surface area is 107 Å². The van der Waals surface area contributed by atoms with Crippen molar-refractivity contribution in [3.63, 3.8) is 0 Å². The summed E-state index contributed by atoms with van der Waals surface area (Å²) in [5.74, 6) is 0.833. The third kappa shape index (κ3) is 9.10. The van der Waals surface area contributed by atoms with Gasteiger partial charge in [-0.2, -0.15) is 0 Å². The van der Waals surface area contributed by atoms with Gasteiger partial charge >= 0.3 is 0 Å². The van der Waals surface area contributed by atoms with Crippen molar-refractivity contribution in [2.75, 3.05) is 0 Å². The molecule has 1 heterocycles. The molecule has 0 fully saturated rings. The normalized spacial score (nSPS) is 20.2. The molecule has 0 spiro atoms. The van der Waals surface area contributed by atoms with Gasteiger partial charge in [-0.3, -0.25) is 4.72 Å². The Balaban J connectivity index is 0. The van der Waals surface area contributed by atoms with E-state index in [9.17, 15) is 0 Å². The molecular weight excluding hydrogens is 218 g/mol. The first-order valence-electron chi connectivity index (χ1n) is 5.81. The molecule has 2 unspecified atom stereocenters. The Kier molecular flexibility index (Phi) is 12.9. The van der Waals surface area contributed by atoms with Gasteiger partial charge in [-0.25, -0.2) is 0 Å². The molecule has 0 aliphatic carbocycles. The molecule has 0 aromatic rings. The minimum atomic E-state index is 0. The molecule has 0 radical (unpaired) electrons. The SMILES string of the molecule is C.CC(C)C.CCC(NS)C1CCC=CO1. The quantitative estimate of drug-likeness (QED) is 0.730. The van der Waals surface area contributed by atoms with E-state index in [0.717, 1.165) is 25.2 Å². The van der Waals surface area contributed by atoms with E-state index in [1.807, 2.05) is 0 Å². The van der Waals surface area contributed by atoms with Gasteiger partial charge < -0.3 is 4.74 Å². The summed E-state index contributed by atoms with van der Waals surface area (Å²) in [6, 6.07) is 0.378. The smallest absolute Gasteiger partial charge is 0.114 e. The van der Waals surface area contributed by atoms with E-state index in [0.29, 0.717) is 12.1 Å². The molecule has 1 rings (SSSR count). The van der Waals surface area contributed by atoms with Crippen molar-refractivity contribution in [1.82, 2.24) is 4.72 Å². The largest absolute Gasteiger partial charge is 0.497 e. The van der Waals surface area contributed by atoms with Crippen LogP contribution >= 0.6 is 12.8 Å². The summed E-state index contributed by atoms with van der Waals surface area (Å²) < 4.78 is 8.39. The first-order valence-corrected chi connectivity index (χ1v) is 6.26. The monoisotopic (exact) mass is 247 g/mol. The molecule has 98 valence electrons. The van der Waals surface area contributed by atoms with Crippen molar-refractivity contribution >= 4 is 12.8 Å². The molecule has 0 aromatic heterocycles. The highest BCUT2D eigenvalue weighted by Gasteiger charge is 2.19. The lowest BCUT2D eigenvalue weighted by molar-refractivity contribution is 0.0934. The number of ether oxygens (including phenoxy) is 1. The predicted octanol–water partition coefficient (Wildman–Crippen LogP) is 4.19. The van der Waals surface area contributed by atoms with Crippen LogP contribution in [0.3, 0.4) is 0 Å². The zero-order valence-corrected chi connectivity index (χ0v) is 11.3. The molecule has 0 saturated heterocycles. The van der Waals surface area contributed by atoms with Crippen molar-refractivity contribution in [2.45, 2.75) is 66.5 Å². The second-order valence-electron chi connectivity index (χ2n) is 4.50. The van der Waals surface area contributed by atoms with E-state index in [1.54, 1.807) is 6.26 Å². The third-order valence-corrected chi connectivity index (χ3v) is 2.35. The van der Waals surface area contributed by atoms with Gasteiger partial charge in [0, 0.05) is 0 Å². The minimum absolute atomic E-state index is 0. The van der Waals surface area contributed by atoms with Crippen LogP contribution in [0.15, 0.2) is 12.3 Å². The fourth-order valence-electron chi connectivity index (χ4n) is 1.29. The Hall–Kier alpha value is -0.150. The standard InChI is InChI=1S/C8H15NOS.C4H10.CH4/c1-2-7(9-11)8-5-3-4-6-10-8;1-4(2)3;/h4,6-9,11H,2-3,5H2,1H3;4H,1-3H3;1H4. The van der Waals surface area contributed by atoms with E-state index < -0.39 is 0 Å². The van der Waals surface area contributed by atoms with Gasteiger partial charge in [-0.15, -0.1) is 0 Å². The summed E-state index contributed by atoms with van der Waals surface area (Å²) in [5, 5.41) is 0. The average Bonchev–Trinajstić information content (AvgIpc) is 2.20. The molecule has 0 bridgehead atoms. The molecule has 1 N–H and O–H groups in total. The summed E-state index contributed by atoms with van der Waals surface area (Å²) in [4.78, 5) is 0. The molecule has 2 atom stereocenters. The van der Waals surface area contributed by atoms with Gasteiger partial charge in [0.2, 0.25) is 0 Å². The molecule has 0 saturated carbocycles. The van der Waals surface area contributed by atoms with Crippen LogP contribution in [0.5, 0.6) is 0 Å². The van der Waals surface area contributed by atoms with E-state index in [-0.39, 0.29) is 7.43 Å². The maximum absolute atomic E-state index is 5.43. The van der Waals surface area contributed by atoms with Crippen LogP contribution in [-0.2, 0) is 4.74 Å². The fourth-order valence-corrected chi connectivity index (χ4v) is 1.64. The van der Waals surface area contributed by atoms with Gasteiger partial charge in [-0.05, 0) is 31.3 Å². The summed E-state index contributed by atoms with van der Waals surface area (Å²) >= 11 is 4.05.